The first-order chi connectivity index (χ1) is 12.3. The minimum Gasteiger partial charge on any atom is -0.472 e. The van der Waals surface area contributed by atoms with E-state index in [-0.39, 0.29) is 5.89 Å². The van der Waals surface area contributed by atoms with Gasteiger partial charge in [0, 0.05) is 25.1 Å². The Morgan fingerprint density at radius 3 is 2.64 bits per heavy atom. The third-order valence-electron chi connectivity index (χ3n) is 4.30. The van der Waals surface area contributed by atoms with E-state index in [1.54, 1.807) is 6.07 Å². The number of benzene rings is 1. The van der Waals surface area contributed by atoms with Crippen molar-refractivity contribution in [3.63, 3.8) is 0 Å². The number of oxazole rings is 1. The Labute approximate surface area is 145 Å². The molecule has 0 radical (unpaired) electrons. The van der Waals surface area contributed by atoms with Gasteiger partial charge in [0.25, 0.3) is 0 Å². The lowest BCUT2D eigenvalue weighted by atomic mass is 10.1. The first-order valence-corrected chi connectivity index (χ1v) is 8.37. The van der Waals surface area contributed by atoms with E-state index in [1.165, 1.54) is 12.5 Å². The van der Waals surface area contributed by atoms with Crippen LogP contribution < -0.4 is 4.90 Å². The van der Waals surface area contributed by atoms with Crippen LogP contribution in [0.15, 0.2) is 57.8 Å². The molecule has 1 aliphatic heterocycles. The second-order valence-electron chi connectivity index (χ2n) is 6.02. The van der Waals surface area contributed by atoms with Gasteiger partial charge in [0.05, 0.1) is 25.7 Å². The maximum atomic E-state index is 10.5. The average molecular weight is 340 g/mol. The molecule has 0 saturated carbocycles. The Bertz CT molecular complexity index is 792. The lowest BCUT2D eigenvalue weighted by Crippen LogP contribution is -2.36. The molecule has 130 valence electrons. The largest absolute Gasteiger partial charge is 0.472 e. The maximum Gasteiger partial charge on any atom is 0.230 e. The molecule has 6 heteroatoms. The van der Waals surface area contributed by atoms with E-state index in [4.69, 9.17) is 13.6 Å². The topological polar surface area (TPSA) is 71.9 Å². The zero-order chi connectivity index (χ0) is 17.1. The second kappa shape index (κ2) is 7.13. The summed E-state index contributed by atoms with van der Waals surface area (Å²) in [6, 6.07) is 11.8. The number of aliphatic hydroxyl groups is 1. The standard InChI is InChI=1S/C19H20N2O4/c22-17(15-6-9-24-13-15)18-20-16(12-14-4-2-1-3-5-14)19(25-18)21-7-10-23-11-8-21/h1-6,9,13,17,22H,7-8,10-12H2. The summed E-state index contributed by atoms with van der Waals surface area (Å²) in [5.74, 6) is 0.999. The molecule has 0 amide bonds. The van der Waals surface area contributed by atoms with E-state index < -0.39 is 6.10 Å². The molecule has 1 fully saturated rings. The first-order valence-electron chi connectivity index (χ1n) is 8.37. The summed E-state index contributed by atoms with van der Waals surface area (Å²) in [6.07, 6.45) is 2.73. The molecule has 1 N–H and O–H groups in total. The number of hydrogen-bond acceptors (Lipinski definition) is 6. The summed E-state index contributed by atoms with van der Waals surface area (Å²) < 4.78 is 16.5. The zero-order valence-corrected chi connectivity index (χ0v) is 13.8. The number of ether oxygens (including phenoxy) is 1. The highest BCUT2D eigenvalue weighted by Gasteiger charge is 2.25. The molecule has 0 spiro atoms. The number of furan rings is 1. The summed E-state index contributed by atoms with van der Waals surface area (Å²) >= 11 is 0. The van der Waals surface area contributed by atoms with E-state index in [1.807, 2.05) is 18.2 Å². The monoisotopic (exact) mass is 340 g/mol. The normalized spacial score (nSPS) is 16.1. The van der Waals surface area contributed by atoms with Crippen molar-refractivity contribution in [3.05, 3.63) is 71.6 Å². The second-order valence-corrected chi connectivity index (χ2v) is 6.02. The Balaban J connectivity index is 1.67. The van der Waals surface area contributed by atoms with Crippen molar-refractivity contribution >= 4 is 5.88 Å². The number of hydrogen-bond donors (Lipinski definition) is 1. The van der Waals surface area contributed by atoms with Gasteiger partial charge in [-0.1, -0.05) is 30.3 Å². The molecule has 1 saturated heterocycles. The molecule has 0 bridgehead atoms. The van der Waals surface area contributed by atoms with Crippen LogP contribution in [0.3, 0.4) is 0 Å². The highest BCUT2D eigenvalue weighted by atomic mass is 16.5. The van der Waals surface area contributed by atoms with E-state index in [9.17, 15) is 5.11 Å². The van der Waals surface area contributed by atoms with Gasteiger partial charge in [0.2, 0.25) is 11.8 Å². The van der Waals surface area contributed by atoms with Gasteiger partial charge in [-0.3, -0.25) is 0 Å². The van der Waals surface area contributed by atoms with Crippen molar-refractivity contribution in [2.75, 3.05) is 31.2 Å². The van der Waals surface area contributed by atoms with Crippen molar-refractivity contribution in [2.45, 2.75) is 12.5 Å². The Kier molecular flexibility index (Phi) is 4.54. The van der Waals surface area contributed by atoms with Crippen molar-refractivity contribution in [2.24, 2.45) is 0 Å². The number of nitrogens with zero attached hydrogens (tertiary/aromatic N) is 2. The molecular weight excluding hydrogens is 320 g/mol. The molecule has 0 aliphatic carbocycles. The fourth-order valence-electron chi connectivity index (χ4n) is 2.97. The van der Waals surface area contributed by atoms with Gasteiger partial charge >= 0.3 is 0 Å². The summed E-state index contributed by atoms with van der Waals surface area (Å²) in [6.45, 7) is 2.81. The molecule has 1 unspecified atom stereocenters. The molecule has 25 heavy (non-hydrogen) atoms. The summed E-state index contributed by atoms with van der Waals surface area (Å²) in [5.41, 5.74) is 2.60. The van der Waals surface area contributed by atoms with Crippen LogP contribution in [0.1, 0.15) is 28.8 Å². The molecule has 6 nitrogen and oxygen atoms in total. The molecule has 3 heterocycles. The molecule has 2 aromatic heterocycles. The van der Waals surface area contributed by atoms with Gasteiger partial charge in [-0.05, 0) is 11.6 Å². The lowest BCUT2D eigenvalue weighted by Gasteiger charge is -2.26. The van der Waals surface area contributed by atoms with Crippen molar-refractivity contribution in [1.82, 2.24) is 4.98 Å². The van der Waals surface area contributed by atoms with Gasteiger partial charge < -0.3 is 23.6 Å². The maximum absolute atomic E-state index is 10.5. The number of rotatable bonds is 5. The van der Waals surface area contributed by atoms with E-state index in [0.717, 1.165) is 24.3 Å². The number of morpholine rings is 1. The van der Waals surface area contributed by atoms with Crippen LogP contribution in [0.5, 0.6) is 0 Å². The molecular formula is C19H20N2O4. The van der Waals surface area contributed by atoms with Gasteiger partial charge in [-0.15, -0.1) is 0 Å². The van der Waals surface area contributed by atoms with Crippen LogP contribution in [0, 0.1) is 0 Å². The summed E-state index contributed by atoms with van der Waals surface area (Å²) in [5, 5.41) is 10.5. The quantitative estimate of drug-likeness (QED) is 0.770. The Morgan fingerprint density at radius 2 is 1.92 bits per heavy atom. The third kappa shape index (κ3) is 3.45. The highest BCUT2D eigenvalue weighted by Crippen LogP contribution is 2.30. The molecule has 1 atom stereocenters. The van der Waals surface area contributed by atoms with Gasteiger partial charge in [0.1, 0.15) is 5.69 Å². The van der Waals surface area contributed by atoms with Crippen molar-refractivity contribution < 1.29 is 18.7 Å². The molecule has 1 aromatic carbocycles. The van der Waals surface area contributed by atoms with Crippen LogP contribution in [0.25, 0.3) is 0 Å². The number of anilines is 1. The van der Waals surface area contributed by atoms with Crippen LogP contribution >= 0.6 is 0 Å². The third-order valence-corrected chi connectivity index (χ3v) is 4.30. The van der Waals surface area contributed by atoms with E-state index in [2.05, 4.69) is 22.0 Å². The number of aliphatic hydroxyl groups excluding tert-OH is 1. The van der Waals surface area contributed by atoms with Crippen molar-refractivity contribution in [3.8, 4) is 0 Å². The predicted octanol–water partition coefficient (Wildman–Crippen LogP) is 2.78. The van der Waals surface area contributed by atoms with Gasteiger partial charge in [-0.25, -0.2) is 4.98 Å². The zero-order valence-electron chi connectivity index (χ0n) is 13.8. The summed E-state index contributed by atoms with van der Waals surface area (Å²) in [7, 11) is 0. The predicted molar refractivity (Wildman–Crippen MR) is 91.6 cm³/mol. The molecule has 1 aliphatic rings. The summed E-state index contributed by atoms with van der Waals surface area (Å²) in [4.78, 5) is 6.72. The van der Waals surface area contributed by atoms with Crippen LogP contribution in [-0.4, -0.2) is 36.4 Å². The fraction of sp³-hybridized carbons (Fsp3) is 0.316. The van der Waals surface area contributed by atoms with E-state index >= 15 is 0 Å². The van der Waals surface area contributed by atoms with Crippen LogP contribution in [0.4, 0.5) is 5.88 Å². The van der Waals surface area contributed by atoms with Crippen LogP contribution in [0.2, 0.25) is 0 Å². The fourth-order valence-corrected chi connectivity index (χ4v) is 2.97. The highest BCUT2D eigenvalue weighted by molar-refractivity contribution is 5.44. The van der Waals surface area contributed by atoms with Gasteiger partial charge in [0.15, 0.2) is 6.10 Å². The Morgan fingerprint density at radius 1 is 1.12 bits per heavy atom. The Hall–Kier alpha value is -2.57. The number of aromatic nitrogens is 1. The average Bonchev–Trinajstić information content (AvgIpc) is 3.33. The lowest BCUT2D eigenvalue weighted by molar-refractivity contribution is 0.119. The smallest absolute Gasteiger partial charge is 0.230 e. The SMILES string of the molecule is OC(c1ccoc1)c1nc(Cc2ccccc2)c(N2CCOCC2)o1. The minimum absolute atomic E-state index is 0.286. The molecule has 3 aromatic rings. The van der Waals surface area contributed by atoms with Crippen molar-refractivity contribution in [1.29, 1.82) is 0 Å². The van der Waals surface area contributed by atoms with Gasteiger partial charge in [-0.2, -0.15) is 0 Å². The minimum atomic E-state index is -0.942. The van der Waals surface area contributed by atoms with E-state index in [0.29, 0.717) is 31.1 Å². The first kappa shape index (κ1) is 15.9. The molecule has 4 rings (SSSR count). The van der Waals surface area contributed by atoms with Crippen LogP contribution in [-0.2, 0) is 11.2 Å².